The van der Waals surface area contributed by atoms with Crippen LogP contribution in [0.25, 0.3) is 0 Å². The van der Waals surface area contributed by atoms with Crippen molar-refractivity contribution in [2.45, 2.75) is 19.8 Å². The second-order valence-electron chi connectivity index (χ2n) is 5.73. The van der Waals surface area contributed by atoms with Crippen molar-refractivity contribution in [3.8, 4) is 17.2 Å². The van der Waals surface area contributed by atoms with Crippen molar-refractivity contribution < 1.29 is 24.2 Å². The van der Waals surface area contributed by atoms with Crippen molar-refractivity contribution in [2.24, 2.45) is 5.10 Å². The molecule has 0 fully saturated rings. The minimum atomic E-state index is -0.384. The molecular formula is C20H23N3O5. The van der Waals surface area contributed by atoms with E-state index in [1.54, 1.807) is 43.5 Å². The number of hydrazone groups is 1. The number of carbonyl (C=O) groups excluding carboxylic acids is 2. The Morgan fingerprint density at radius 3 is 2.50 bits per heavy atom. The summed E-state index contributed by atoms with van der Waals surface area (Å²) in [6, 6.07) is 11.6. The van der Waals surface area contributed by atoms with Gasteiger partial charge in [-0.3, -0.25) is 9.59 Å². The Labute approximate surface area is 163 Å². The van der Waals surface area contributed by atoms with Crippen molar-refractivity contribution in [2.75, 3.05) is 19.0 Å². The van der Waals surface area contributed by atoms with E-state index >= 15 is 0 Å². The van der Waals surface area contributed by atoms with Crippen LogP contribution in [0.3, 0.4) is 0 Å². The molecule has 2 rings (SSSR count). The number of aromatic hydroxyl groups is 1. The van der Waals surface area contributed by atoms with Crippen LogP contribution in [-0.2, 0) is 9.59 Å². The Bertz CT molecular complexity index is 834. The van der Waals surface area contributed by atoms with Crippen LogP contribution in [0.1, 0.15) is 25.3 Å². The van der Waals surface area contributed by atoms with Gasteiger partial charge in [-0.1, -0.05) is 0 Å². The van der Waals surface area contributed by atoms with Gasteiger partial charge in [0.15, 0.2) is 11.5 Å². The molecule has 0 bridgehead atoms. The van der Waals surface area contributed by atoms with E-state index in [1.165, 1.54) is 12.3 Å². The molecule has 0 spiro atoms. The van der Waals surface area contributed by atoms with Crippen LogP contribution < -0.4 is 20.2 Å². The third-order valence-electron chi connectivity index (χ3n) is 3.64. The largest absolute Gasteiger partial charge is 0.504 e. The number of nitrogens with one attached hydrogen (secondary N) is 2. The average Bonchev–Trinajstić information content (AvgIpc) is 2.69. The highest BCUT2D eigenvalue weighted by Crippen LogP contribution is 2.26. The first-order valence-electron chi connectivity index (χ1n) is 8.73. The SMILES string of the molecule is CCOc1cc(/C=N/NC(=O)CCC(=O)Nc2ccc(OC)cc2)ccc1O. The zero-order valence-corrected chi connectivity index (χ0v) is 15.8. The number of ether oxygens (including phenoxy) is 2. The number of anilines is 1. The molecule has 2 aromatic rings. The van der Waals surface area contributed by atoms with Crippen LogP contribution in [0, 0.1) is 0 Å². The van der Waals surface area contributed by atoms with Gasteiger partial charge in [0.25, 0.3) is 0 Å². The lowest BCUT2D eigenvalue weighted by Gasteiger charge is -2.06. The topological polar surface area (TPSA) is 109 Å². The van der Waals surface area contributed by atoms with E-state index in [2.05, 4.69) is 15.8 Å². The maximum Gasteiger partial charge on any atom is 0.240 e. The normalized spacial score (nSPS) is 10.5. The van der Waals surface area contributed by atoms with Gasteiger partial charge in [-0.2, -0.15) is 5.10 Å². The summed E-state index contributed by atoms with van der Waals surface area (Å²) in [6.07, 6.45) is 1.46. The molecule has 0 aliphatic rings. The van der Waals surface area contributed by atoms with Crippen LogP contribution in [0.4, 0.5) is 5.69 Å². The highest BCUT2D eigenvalue weighted by atomic mass is 16.5. The predicted molar refractivity (Wildman–Crippen MR) is 106 cm³/mol. The summed E-state index contributed by atoms with van der Waals surface area (Å²) in [5.74, 6) is 0.408. The lowest BCUT2D eigenvalue weighted by molar-refractivity contribution is -0.124. The third-order valence-corrected chi connectivity index (χ3v) is 3.64. The van der Waals surface area contributed by atoms with E-state index in [9.17, 15) is 14.7 Å². The molecule has 148 valence electrons. The lowest BCUT2D eigenvalue weighted by atomic mass is 10.2. The molecule has 0 aliphatic heterocycles. The van der Waals surface area contributed by atoms with E-state index in [4.69, 9.17) is 9.47 Å². The van der Waals surface area contributed by atoms with E-state index in [1.807, 2.05) is 6.92 Å². The zero-order chi connectivity index (χ0) is 20.4. The van der Waals surface area contributed by atoms with E-state index < -0.39 is 0 Å². The molecule has 3 N–H and O–H groups in total. The summed E-state index contributed by atoms with van der Waals surface area (Å²) >= 11 is 0. The minimum absolute atomic E-state index is 0.000891. The average molecular weight is 385 g/mol. The first kappa shape index (κ1) is 20.8. The Morgan fingerprint density at radius 2 is 1.82 bits per heavy atom. The molecule has 2 aromatic carbocycles. The van der Waals surface area contributed by atoms with E-state index in [0.29, 0.717) is 29.4 Å². The molecule has 0 saturated carbocycles. The van der Waals surface area contributed by atoms with Gasteiger partial charge in [-0.15, -0.1) is 0 Å². The quantitative estimate of drug-likeness (QED) is 0.454. The third kappa shape index (κ3) is 6.64. The van der Waals surface area contributed by atoms with Crippen LogP contribution >= 0.6 is 0 Å². The van der Waals surface area contributed by atoms with Gasteiger partial charge in [-0.05, 0) is 55.0 Å². The van der Waals surface area contributed by atoms with Crippen molar-refractivity contribution in [3.05, 3.63) is 48.0 Å². The second kappa shape index (κ2) is 10.6. The van der Waals surface area contributed by atoms with E-state index in [0.717, 1.165) is 0 Å². The molecule has 0 radical (unpaired) electrons. The number of hydrogen-bond donors (Lipinski definition) is 3. The summed E-state index contributed by atoms with van der Waals surface area (Å²) in [4.78, 5) is 23.7. The summed E-state index contributed by atoms with van der Waals surface area (Å²) in [6.45, 7) is 2.23. The standard InChI is InChI=1S/C20H23N3O5/c1-3-28-18-12-14(4-9-17(18)24)13-21-23-20(26)11-10-19(25)22-15-5-7-16(27-2)8-6-15/h4-9,12-13,24H,3,10-11H2,1-2H3,(H,22,25)(H,23,26)/b21-13+. The Morgan fingerprint density at radius 1 is 1.11 bits per heavy atom. The molecule has 0 atom stereocenters. The van der Waals surface area contributed by atoms with Gasteiger partial charge in [-0.25, -0.2) is 5.43 Å². The summed E-state index contributed by atoms with van der Waals surface area (Å²) in [5, 5.41) is 16.2. The molecule has 8 heteroatoms. The van der Waals surface area contributed by atoms with Crippen LogP contribution in [0.5, 0.6) is 17.2 Å². The summed E-state index contributed by atoms with van der Waals surface area (Å²) in [7, 11) is 1.56. The monoisotopic (exact) mass is 385 g/mol. The highest BCUT2D eigenvalue weighted by Gasteiger charge is 2.07. The number of benzene rings is 2. The lowest BCUT2D eigenvalue weighted by Crippen LogP contribution is -2.20. The second-order valence-corrected chi connectivity index (χ2v) is 5.73. The molecule has 2 amide bonds. The predicted octanol–water partition coefficient (Wildman–Crippen LogP) is 2.67. The molecule has 28 heavy (non-hydrogen) atoms. The molecule has 0 heterocycles. The fraction of sp³-hybridized carbons (Fsp3) is 0.250. The van der Waals surface area contributed by atoms with Crippen LogP contribution in [0.15, 0.2) is 47.6 Å². The number of phenolic OH excluding ortho intramolecular Hbond substituents is 1. The summed E-state index contributed by atoms with van der Waals surface area (Å²) in [5.41, 5.74) is 3.64. The summed E-state index contributed by atoms with van der Waals surface area (Å²) < 4.78 is 10.3. The number of amides is 2. The van der Waals surface area contributed by atoms with Crippen LogP contribution in [-0.4, -0.2) is 36.9 Å². The molecule has 0 aromatic heterocycles. The van der Waals surface area contributed by atoms with Gasteiger partial charge in [0, 0.05) is 18.5 Å². The van der Waals surface area contributed by atoms with Crippen molar-refractivity contribution >= 4 is 23.7 Å². The number of hydrogen-bond acceptors (Lipinski definition) is 6. The number of nitrogens with zero attached hydrogens (tertiary/aromatic N) is 1. The first-order valence-corrected chi connectivity index (χ1v) is 8.73. The van der Waals surface area contributed by atoms with Crippen LogP contribution in [0.2, 0.25) is 0 Å². The molecule has 0 saturated heterocycles. The van der Waals surface area contributed by atoms with Crippen molar-refractivity contribution in [3.63, 3.8) is 0 Å². The smallest absolute Gasteiger partial charge is 0.240 e. The maximum atomic E-state index is 11.9. The fourth-order valence-electron chi connectivity index (χ4n) is 2.24. The number of methoxy groups -OCH3 is 1. The Hall–Kier alpha value is -3.55. The number of phenols is 1. The highest BCUT2D eigenvalue weighted by molar-refractivity contribution is 5.93. The first-order chi connectivity index (χ1) is 13.5. The molecular weight excluding hydrogens is 362 g/mol. The zero-order valence-electron chi connectivity index (χ0n) is 15.8. The molecule has 8 nitrogen and oxygen atoms in total. The van der Waals surface area contributed by atoms with Gasteiger partial charge in [0.05, 0.1) is 19.9 Å². The van der Waals surface area contributed by atoms with Gasteiger partial charge >= 0.3 is 0 Å². The Kier molecular flexibility index (Phi) is 7.83. The fourth-order valence-corrected chi connectivity index (χ4v) is 2.24. The van der Waals surface area contributed by atoms with E-state index in [-0.39, 0.29) is 30.4 Å². The Balaban J connectivity index is 1.76. The van der Waals surface area contributed by atoms with Crippen molar-refractivity contribution in [1.29, 1.82) is 0 Å². The number of carbonyl (C=O) groups is 2. The van der Waals surface area contributed by atoms with Gasteiger partial charge in [0.2, 0.25) is 11.8 Å². The van der Waals surface area contributed by atoms with Gasteiger partial charge < -0.3 is 19.9 Å². The van der Waals surface area contributed by atoms with Gasteiger partial charge in [0.1, 0.15) is 5.75 Å². The molecule has 0 unspecified atom stereocenters. The van der Waals surface area contributed by atoms with Crippen molar-refractivity contribution in [1.82, 2.24) is 5.43 Å². The number of rotatable bonds is 9. The molecule has 0 aliphatic carbocycles. The minimum Gasteiger partial charge on any atom is -0.504 e. The maximum absolute atomic E-state index is 11.9.